The predicted molar refractivity (Wildman–Crippen MR) is 79.3 cm³/mol. The molecule has 2 aromatic carbocycles. The molecule has 0 bridgehead atoms. The van der Waals surface area contributed by atoms with Crippen LogP contribution in [0, 0.1) is 11.6 Å². The van der Waals surface area contributed by atoms with Gasteiger partial charge in [-0.2, -0.15) is 0 Å². The largest absolute Gasteiger partial charge is 0.227 e. The lowest BCUT2D eigenvalue weighted by atomic mass is 10.1. The van der Waals surface area contributed by atoms with Crippen LogP contribution in [0.25, 0.3) is 22.3 Å². The van der Waals surface area contributed by atoms with E-state index < -0.39 is 5.82 Å². The van der Waals surface area contributed by atoms with Crippen LogP contribution < -0.4 is 0 Å². The van der Waals surface area contributed by atoms with E-state index in [0.29, 0.717) is 22.9 Å². The van der Waals surface area contributed by atoms with Crippen molar-refractivity contribution in [1.29, 1.82) is 0 Å². The van der Waals surface area contributed by atoms with Crippen molar-refractivity contribution in [3.8, 4) is 11.4 Å². The molecule has 3 aromatic rings. The number of hydrogen-bond donors (Lipinski definition) is 0. The van der Waals surface area contributed by atoms with Crippen LogP contribution in [0.15, 0.2) is 36.4 Å². The molecule has 1 aromatic heterocycles. The van der Waals surface area contributed by atoms with E-state index in [1.807, 2.05) is 6.92 Å². The average Bonchev–Trinajstić information content (AvgIpc) is 2.47. The van der Waals surface area contributed by atoms with Gasteiger partial charge in [0.05, 0.1) is 11.1 Å². The number of fused-ring (bicyclic) bond motifs is 1. The van der Waals surface area contributed by atoms with E-state index in [2.05, 4.69) is 9.97 Å². The second-order valence-corrected chi connectivity index (χ2v) is 4.99. The summed E-state index contributed by atoms with van der Waals surface area (Å²) in [5.74, 6) is -0.608. The quantitative estimate of drug-likeness (QED) is 0.636. The number of aromatic nitrogens is 2. The molecule has 0 aliphatic carbocycles. The van der Waals surface area contributed by atoms with Gasteiger partial charge in [0.25, 0.3) is 0 Å². The summed E-state index contributed by atoms with van der Waals surface area (Å²) in [6.45, 7) is 1.90. The van der Waals surface area contributed by atoms with Gasteiger partial charge in [-0.1, -0.05) is 30.7 Å². The third kappa shape index (κ3) is 2.47. The zero-order valence-electron chi connectivity index (χ0n) is 11.2. The zero-order chi connectivity index (χ0) is 15.0. The topological polar surface area (TPSA) is 25.8 Å². The predicted octanol–water partition coefficient (Wildman–Crippen LogP) is 4.79. The Balaban J connectivity index is 2.33. The van der Waals surface area contributed by atoms with Gasteiger partial charge in [-0.25, -0.2) is 18.7 Å². The highest BCUT2D eigenvalue weighted by Gasteiger charge is 2.14. The fraction of sp³-hybridized carbons (Fsp3) is 0.125. The zero-order valence-corrected chi connectivity index (χ0v) is 12.0. The summed E-state index contributed by atoms with van der Waals surface area (Å²) in [5.41, 5.74) is 1.54. The van der Waals surface area contributed by atoms with Gasteiger partial charge in [-0.15, -0.1) is 0 Å². The summed E-state index contributed by atoms with van der Waals surface area (Å²) < 4.78 is 27.4. The van der Waals surface area contributed by atoms with Gasteiger partial charge < -0.3 is 0 Å². The normalized spacial score (nSPS) is 11.0. The molecule has 0 N–H and O–H groups in total. The van der Waals surface area contributed by atoms with E-state index in [4.69, 9.17) is 11.6 Å². The molecule has 21 heavy (non-hydrogen) atoms. The number of hydrogen-bond acceptors (Lipinski definition) is 2. The Hall–Kier alpha value is -2.07. The fourth-order valence-electron chi connectivity index (χ4n) is 2.26. The van der Waals surface area contributed by atoms with E-state index in [1.165, 1.54) is 18.2 Å². The van der Waals surface area contributed by atoms with Gasteiger partial charge in [0, 0.05) is 5.39 Å². The lowest BCUT2D eigenvalue weighted by molar-refractivity contribution is 0.627. The highest BCUT2D eigenvalue weighted by atomic mass is 35.5. The highest BCUT2D eigenvalue weighted by molar-refractivity contribution is 6.34. The molecule has 3 rings (SSSR count). The van der Waals surface area contributed by atoms with Crippen molar-refractivity contribution in [2.45, 2.75) is 13.3 Å². The molecule has 0 radical (unpaired) electrons. The van der Waals surface area contributed by atoms with Crippen molar-refractivity contribution in [3.63, 3.8) is 0 Å². The maximum absolute atomic E-state index is 13.9. The fourth-order valence-corrected chi connectivity index (χ4v) is 2.49. The highest BCUT2D eigenvalue weighted by Crippen LogP contribution is 2.29. The van der Waals surface area contributed by atoms with Crippen molar-refractivity contribution in [2.75, 3.05) is 0 Å². The monoisotopic (exact) mass is 304 g/mol. The molecule has 0 saturated carbocycles. The van der Waals surface area contributed by atoms with Crippen molar-refractivity contribution in [2.24, 2.45) is 0 Å². The molecule has 0 unspecified atom stereocenters. The van der Waals surface area contributed by atoms with Crippen LogP contribution in [-0.2, 0) is 6.42 Å². The van der Waals surface area contributed by atoms with Crippen LogP contribution in [0.4, 0.5) is 8.78 Å². The van der Waals surface area contributed by atoms with Gasteiger partial charge in [0.15, 0.2) is 5.82 Å². The van der Waals surface area contributed by atoms with Crippen molar-refractivity contribution in [3.05, 3.63) is 58.7 Å². The summed E-state index contributed by atoms with van der Waals surface area (Å²) in [6.07, 6.45) is 0.596. The summed E-state index contributed by atoms with van der Waals surface area (Å²) in [6, 6.07) is 8.92. The Morgan fingerprint density at radius 3 is 2.57 bits per heavy atom. The second kappa shape index (κ2) is 5.37. The second-order valence-electron chi connectivity index (χ2n) is 4.63. The maximum atomic E-state index is 13.9. The van der Waals surface area contributed by atoms with Crippen LogP contribution >= 0.6 is 11.6 Å². The lowest BCUT2D eigenvalue weighted by Gasteiger charge is -2.09. The Bertz CT molecular complexity index is 834. The first-order valence-electron chi connectivity index (χ1n) is 6.50. The summed E-state index contributed by atoms with van der Waals surface area (Å²) in [5, 5.41) is 0.557. The third-order valence-electron chi connectivity index (χ3n) is 3.29. The minimum Gasteiger partial charge on any atom is -0.227 e. The molecular formula is C16H11ClF2N2. The Kier molecular flexibility index (Phi) is 3.55. The number of aryl methyl sites for hydroxylation is 1. The lowest BCUT2D eigenvalue weighted by Crippen LogP contribution is -1.97. The van der Waals surface area contributed by atoms with Gasteiger partial charge in [0.2, 0.25) is 0 Å². The Morgan fingerprint density at radius 1 is 1.10 bits per heavy atom. The smallest absolute Gasteiger partial charge is 0.164 e. The number of rotatable bonds is 2. The number of nitrogens with zero attached hydrogens (tertiary/aromatic N) is 2. The number of benzene rings is 2. The molecule has 106 valence electrons. The molecule has 0 fully saturated rings. The molecule has 0 aliphatic rings. The summed E-state index contributed by atoms with van der Waals surface area (Å²) in [4.78, 5) is 8.47. The molecule has 0 spiro atoms. The van der Waals surface area contributed by atoms with E-state index in [9.17, 15) is 8.78 Å². The van der Waals surface area contributed by atoms with E-state index in [-0.39, 0.29) is 22.4 Å². The molecule has 0 aliphatic heterocycles. The first-order chi connectivity index (χ1) is 10.1. The van der Waals surface area contributed by atoms with Crippen molar-refractivity contribution >= 4 is 22.5 Å². The first kappa shape index (κ1) is 13.9. The summed E-state index contributed by atoms with van der Waals surface area (Å²) in [7, 11) is 0. The van der Waals surface area contributed by atoms with Gasteiger partial charge >= 0.3 is 0 Å². The maximum Gasteiger partial charge on any atom is 0.164 e. The van der Waals surface area contributed by atoms with Crippen LogP contribution in [0.2, 0.25) is 5.15 Å². The standard InChI is InChI=1S/C16H11ClF2N2/c1-2-9-7-10(18)8-12-14(9)20-16(21-15(12)17)11-5-3-4-6-13(11)19/h3-8H,2H2,1H3. The van der Waals surface area contributed by atoms with Crippen LogP contribution in [0.1, 0.15) is 12.5 Å². The van der Waals surface area contributed by atoms with Crippen molar-refractivity contribution in [1.82, 2.24) is 9.97 Å². The molecular weight excluding hydrogens is 294 g/mol. The van der Waals surface area contributed by atoms with Crippen LogP contribution in [-0.4, -0.2) is 9.97 Å². The first-order valence-corrected chi connectivity index (χ1v) is 6.88. The number of halogens is 3. The average molecular weight is 305 g/mol. The minimum absolute atomic E-state index is 0.118. The Morgan fingerprint density at radius 2 is 1.86 bits per heavy atom. The van der Waals surface area contributed by atoms with Gasteiger partial charge in [0.1, 0.15) is 16.8 Å². The minimum atomic E-state index is -0.423. The molecule has 0 saturated heterocycles. The molecule has 0 amide bonds. The van der Waals surface area contributed by atoms with Gasteiger partial charge in [-0.05, 0) is 36.2 Å². The van der Waals surface area contributed by atoms with E-state index in [1.54, 1.807) is 18.2 Å². The molecule has 5 heteroatoms. The third-order valence-corrected chi connectivity index (χ3v) is 3.58. The summed E-state index contributed by atoms with van der Waals surface area (Å²) >= 11 is 6.13. The van der Waals surface area contributed by atoms with Crippen molar-refractivity contribution < 1.29 is 8.78 Å². The van der Waals surface area contributed by atoms with Crippen LogP contribution in [0.5, 0.6) is 0 Å². The van der Waals surface area contributed by atoms with Gasteiger partial charge in [-0.3, -0.25) is 0 Å². The molecule has 0 atom stereocenters. The van der Waals surface area contributed by atoms with Crippen LogP contribution in [0.3, 0.4) is 0 Å². The molecule has 2 nitrogen and oxygen atoms in total. The molecule has 1 heterocycles. The van der Waals surface area contributed by atoms with E-state index in [0.717, 1.165) is 0 Å². The Labute approximate surface area is 125 Å². The van der Waals surface area contributed by atoms with E-state index >= 15 is 0 Å². The SMILES string of the molecule is CCc1cc(F)cc2c(Cl)nc(-c3ccccc3F)nc12.